The van der Waals surface area contributed by atoms with Crippen LogP contribution in [0.5, 0.6) is 5.75 Å². The highest BCUT2D eigenvalue weighted by molar-refractivity contribution is 5.20. The molecule has 0 spiro atoms. The van der Waals surface area contributed by atoms with E-state index in [9.17, 15) is 5.11 Å². The van der Waals surface area contributed by atoms with Gasteiger partial charge in [-0.15, -0.1) is 0 Å². The Kier molecular flexibility index (Phi) is 5.02. The van der Waals surface area contributed by atoms with Gasteiger partial charge in [-0.1, -0.05) is 18.2 Å². The zero-order valence-electron chi connectivity index (χ0n) is 12.6. The van der Waals surface area contributed by atoms with Gasteiger partial charge in [-0.25, -0.2) is 0 Å². The first-order valence-corrected chi connectivity index (χ1v) is 7.20. The molecule has 0 aromatic heterocycles. The van der Waals surface area contributed by atoms with Crippen LogP contribution in [-0.2, 0) is 4.74 Å². The van der Waals surface area contributed by atoms with E-state index in [2.05, 4.69) is 25.7 Å². The van der Waals surface area contributed by atoms with Crippen LogP contribution in [0.1, 0.15) is 20.8 Å². The van der Waals surface area contributed by atoms with Crippen LogP contribution in [0.15, 0.2) is 30.3 Å². The monoisotopic (exact) mass is 279 g/mol. The molecule has 4 heteroatoms. The Bertz CT molecular complexity index is 407. The molecule has 20 heavy (non-hydrogen) atoms. The van der Waals surface area contributed by atoms with Crippen LogP contribution >= 0.6 is 0 Å². The number of hydrogen-bond acceptors (Lipinski definition) is 4. The summed E-state index contributed by atoms with van der Waals surface area (Å²) in [6, 6.07) is 9.59. The molecule has 2 atom stereocenters. The summed E-state index contributed by atoms with van der Waals surface area (Å²) in [5, 5.41) is 10.2. The normalized spacial score (nSPS) is 24.3. The fourth-order valence-corrected chi connectivity index (χ4v) is 2.39. The molecule has 1 aliphatic heterocycles. The number of ether oxygens (including phenoxy) is 2. The van der Waals surface area contributed by atoms with Crippen LogP contribution in [0.25, 0.3) is 0 Å². The summed E-state index contributed by atoms with van der Waals surface area (Å²) in [6.07, 6.45) is -0.287. The van der Waals surface area contributed by atoms with Crippen molar-refractivity contribution in [2.24, 2.45) is 0 Å². The van der Waals surface area contributed by atoms with Gasteiger partial charge in [0.1, 0.15) is 18.5 Å². The number of hydrogen-bond donors (Lipinski definition) is 1. The predicted octanol–water partition coefficient (Wildman–Crippen LogP) is 1.93. The van der Waals surface area contributed by atoms with E-state index in [1.807, 2.05) is 30.3 Å². The maximum atomic E-state index is 10.2. The second-order valence-electron chi connectivity index (χ2n) is 6.12. The van der Waals surface area contributed by atoms with Gasteiger partial charge in [0.15, 0.2) is 0 Å². The van der Waals surface area contributed by atoms with E-state index in [0.717, 1.165) is 12.3 Å². The maximum absolute atomic E-state index is 10.2. The molecule has 4 nitrogen and oxygen atoms in total. The van der Waals surface area contributed by atoms with Gasteiger partial charge in [-0.05, 0) is 32.9 Å². The van der Waals surface area contributed by atoms with Crippen molar-refractivity contribution in [1.82, 2.24) is 4.90 Å². The van der Waals surface area contributed by atoms with Crippen molar-refractivity contribution < 1.29 is 14.6 Å². The van der Waals surface area contributed by atoms with E-state index in [0.29, 0.717) is 19.8 Å². The third-order valence-corrected chi connectivity index (χ3v) is 3.67. The molecule has 2 rings (SSSR count). The minimum atomic E-state index is -0.500. The van der Waals surface area contributed by atoms with E-state index in [4.69, 9.17) is 9.47 Å². The summed E-state index contributed by atoms with van der Waals surface area (Å²) in [4.78, 5) is 2.28. The number of aliphatic hydroxyl groups excluding tert-OH is 1. The molecule has 112 valence electrons. The Morgan fingerprint density at radius 3 is 2.80 bits per heavy atom. The predicted molar refractivity (Wildman–Crippen MR) is 79.0 cm³/mol. The minimum Gasteiger partial charge on any atom is -0.491 e. The van der Waals surface area contributed by atoms with Gasteiger partial charge in [-0.3, -0.25) is 4.90 Å². The van der Waals surface area contributed by atoms with E-state index in [1.165, 1.54) is 0 Å². The Balaban J connectivity index is 1.82. The minimum absolute atomic E-state index is 0.0414. The third kappa shape index (κ3) is 4.20. The highest BCUT2D eigenvalue weighted by atomic mass is 16.5. The van der Waals surface area contributed by atoms with Crippen molar-refractivity contribution in [3.8, 4) is 5.75 Å². The van der Waals surface area contributed by atoms with Crippen LogP contribution < -0.4 is 4.74 Å². The molecule has 1 N–H and O–H groups in total. The van der Waals surface area contributed by atoms with E-state index in [-0.39, 0.29) is 11.6 Å². The smallest absolute Gasteiger partial charge is 0.119 e. The van der Waals surface area contributed by atoms with Gasteiger partial charge in [0.05, 0.1) is 12.7 Å². The second-order valence-corrected chi connectivity index (χ2v) is 6.12. The lowest BCUT2D eigenvalue weighted by Gasteiger charge is -2.45. The summed E-state index contributed by atoms with van der Waals surface area (Å²) in [5.74, 6) is 0.793. The maximum Gasteiger partial charge on any atom is 0.119 e. The largest absolute Gasteiger partial charge is 0.491 e. The van der Waals surface area contributed by atoms with Crippen molar-refractivity contribution in [1.29, 1.82) is 0 Å². The fourth-order valence-electron chi connectivity index (χ4n) is 2.39. The first-order chi connectivity index (χ1) is 9.47. The third-order valence-electron chi connectivity index (χ3n) is 3.67. The number of β-amino-alcohol motifs (C(OH)–C–C–N with tert-alkyl or cyclic N) is 1. The first-order valence-electron chi connectivity index (χ1n) is 7.20. The van der Waals surface area contributed by atoms with Crippen molar-refractivity contribution in [2.75, 3.05) is 26.3 Å². The van der Waals surface area contributed by atoms with Crippen LogP contribution in [-0.4, -0.2) is 54.1 Å². The zero-order chi connectivity index (χ0) is 14.6. The Labute approximate surface area is 121 Å². The van der Waals surface area contributed by atoms with Crippen LogP contribution in [0.2, 0.25) is 0 Å². The van der Waals surface area contributed by atoms with Crippen LogP contribution in [0.4, 0.5) is 0 Å². The molecule has 0 bridgehead atoms. The van der Waals surface area contributed by atoms with Gasteiger partial charge in [0, 0.05) is 18.6 Å². The molecule has 1 heterocycles. The molecule has 1 aromatic carbocycles. The number of nitrogens with zero attached hydrogens (tertiary/aromatic N) is 1. The van der Waals surface area contributed by atoms with Crippen LogP contribution in [0, 0.1) is 0 Å². The standard InChI is InChI=1S/C16H25NO3/c1-13-9-17(16(2,3)12-20-13)10-14(18)11-19-15-7-5-4-6-8-15/h4-8,13-14,18H,9-12H2,1-3H3. The molecule has 1 fully saturated rings. The van der Waals surface area contributed by atoms with Gasteiger partial charge in [0.2, 0.25) is 0 Å². The zero-order valence-corrected chi connectivity index (χ0v) is 12.6. The summed E-state index contributed by atoms with van der Waals surface area (Å²) in [6.45, 7) is 8.80. The average Bonchev–Trinajstić information content (AvgIpc) is 2.42. The lowest BCUT2D eigenvalue weighted by molar-refractivity contribution is -0.104. The van der Waals surface area contributed by atoms with Gasteiger partial charge in [-0.2, -0.15) is 0 Å². The van der Waals surface area contributed by atoms with Crippen LogP contribution in [0.3, 0.4) is 0 Å². The molecule has 1 aromatic rings. The van der Waals surface area contributed by atoms with Crippen molar-refractivity contribution in [2.45, 2.75) is 38.5 Å². The molecule has 0 saturated carbocycles. The van der Waals surface area contributed by atoms with E-state index < -0.39 is 6.10 Å². The Hall–Kier alpha value is -1.10. The van der Waals surface area contributed by atoms with Gasteiger partial charge >= 0.3 is 0 Å². The van der Waals surface area contributed by atoms with Crippen molar-refractivity contribution in [3.05, 3.63) is 30.3 Å². The fraction of sp³-hybridized carbons (Fsp3) is 0.625. The SMILES string of the molecule is CC1CN(CC(O)COc2ccccc2)C(C)(C)CO1. The topological polar surface area (TPSA) is 41.9 Å². The quantitative estimate of drug-likeness (QED) is 0.894. The number of para-hydroxylation sites is 1. The van der Waals surface area contributed by atoms with Gasteiger partial charge < -0.3 is 14.6 Å². The van der Waals surface area contributed by atoms with Crippen molar-refractivity contribution in [3.63, 3.8) is 0 Å². The number of benzene rings is 1. The first kappa shape index (κ1) is 15.3. The number of aliphatic hydroxyl groups is 1. The Morgan fingerprint density at radius 2 is 2.10 bits per heavy atom. The van der Waals surface area contributed by atoms with E-state index in [1.54, 1.807) is 0 Å². The second kappa shape index (κ2) is 6.57. The lowest BCUT2D eigenvalue weighted by Crippen LogP contribution is -2.57. The molecule has 0 radical (unpaired) electrons. The molecule has 2 unspecified atom stereocenters. The lowest BCUT2D eigenvalue weighted by atomic mass is 10.0. The molecular weight excluding hydrogens is 254 g/mol. The number of morpholine rings is 1. The van der Waals surface area contributed by atoms with Crippen molar-refractivity contribution >= 4 is 0 Å². The average molecular weight is 279 g/mol. The summed E-state index contributed by atoms with van der Waals surface area (Å²) >= 11 is 0. The Morgan fingerprint density at radius 1 is 1.40 bits per heavy atom. The summed E-state index contributed by atoms with van der Waals surface area (Å²) < 4.78 is 11.3. The molecule has 1 saturated heterocycles. The summed E-state index contributed by atoms with van der Waals surface area (Å²) in [7, 11) is 0. The number of rotatable bonds is 5. The molecule has 1 aliphatic rings. The van der Waals surface area contributed by atoms with E-state index >= 15 is 0 Å². The molecular formula is C16H25NO3. The summed E-state index contributed by atoms with van der Waals surface area (Å²) in [5.41, 5.74) is -0.0414. The highest BCUT2D eigenvalue weighted by Gasteiger charge is 2.34. The molecule has 0 amide bonds. The highest BCUT2D eigenvalue weighted by Crippen LogP contribution is 2.22. The molecule has 0 aliphatic carbocycles. The van der Waals surface area contributed by atoms with Gasteiger partial charge in [0.25, 0.3) is 0 Å².